The Hall–Kier alpha value is -2.15. The zero-order chi connectivity index (χ0) is 13.7. The number of benzene rings is 2. The van der Waals surface area contributed by atoms with Crippen LogP contribution >= 0.6 is 11.6 Å². The summed E-state index contributed by atoms with van der Waals surface area (Å²) >= 11 is 6.02. The highest BCUT2D eigenvalue weighted by Crippen LogP contribution is 2.23. The van der Waals surface area contributed by atoms with Gasteiger partial charge in [-0.3, -0.25) is 0 Å². The van der Waals surface area contributed by atoms with Crippen molar-refractivity contribution in [2.75, 3.05) is 0 Å². The van der Waals surface area contributed by atoms with Crippen molar-refractivity contribution in [1.29, 1.82) is 0 Å². The second kappa shape index (κ2) is 6.14. The summed E-state index contributed by atoms with van der Waals surface area (Å²) in [7, 11) is 0. The van der Waals surface area contributed by atoms with E-state index in [9.17, 15) is 9.18 Å². The molecule has 0 aliphatic rings. The number of halogens is 2. The van der Waals surface area contributed by atoms with Gasteiger partial charge in [-0.15, -0.1) is 0 Å². The highest BCUT2D eigenvalue weighted by atomic mass is 35.5. The molecule has 0 amide bonds. The van der Waals surface area contributed by atoms with Crippen LogP contribution in [0.3, 0.4) is 0 Å². The number of hydrogen-bond acceptors (Lipinski definition) is 1. The van der Waals surface area contributed by atoms with Crippen molar-refractivity contribution < 1.29 is 9.18 Å². The van der Waals surface area contributed by atoms with E-state index in [0.29, 0.717) is 16.2 Å². The minimum absolute atomic E-state index is 0.297. The zero-order valence-corrected chi connectivity index (χ0v) is 10.7. The lowest BCUT2D eigenvalue weighted by Gasteiger charge is -2.01. The lowest BCUT2D eigenvalue weighted by Crippen LogP contribution is -1.83. The molecule has 0 fully saturated rings. The molecule has 0 heterocycles. The van der Waals surface area contributed by atoms with E-state index in [1.54, 1.807) is 48.6 Å². The van der Waals surface area contributed by atoms with E-state index in [2.05, 4.69) is 0 Å². The van der Waals surface area contributed by atoms with Crippen LogP contribution in [0.1, 0.15) is 11.1 Å². The number of rotatable bonds is 3. The molecule has 0 unspecified atom stereocenters. The SMILES string of the molecule is O=C=C(/C=C/c1ccc(F)cc1)c1ccccc1Cl. The van der Waals surface area contributed by atoms with Crippen LogP contribution in [0.5, 0.6) is 0 Å². The van der Waals surface area contributed by atoms with Gasteiger partial charge in [-0.05, 0) is 29.8 Å². The Balaban J connectivity index is 2.28. The first-order valence-corrected chi connectivity index (χ1v) is 6.02. The van der Waals surface area contributed by atoms with Gasteiger partial charge in [0.2, 0.25) is 0 Å². The van der Waals surface area contributed by atoms with Crippen molar-refractivity contribution in [3.8, 4) is 0 Å². The van der Waals surface area contributed by atoms with Gasteiger partial charge in [0.05, 0.1) is 5.57 Å². The highest BCUT2D eigenvalue weighted by Gasteiger charge is 2.03. The van der Waals surface area contributed by atoms with Gasteiger partial charge in [0.15, 0.2) is 0 Å². The lowest BCUT2D eigenvalue weighted by atomic mass is 10.1. The van der Waals surface area contributed by atoms with Gasteiger partial charge in [-0.2, -0.15) is 0 Å². The molecule has 3 heteroatoms. The second-order valence-electron chi connectivity index (χ2n) is 3.88. The van der Waals surface area contributed by atoms with Crippen molar-refractivity contribution in [1.82, 2.24) is 0 Å². The van der Waals surface area contributed by atoms with Crippen LogP contribution in [0.15, 0.2) is 54.6 Å². The van der Waals surface area contributed by atoms with Crippen LogP contribution in [-0.4, -0.2) is 5.94 Å². The molecule has 0 saturated carbocycles. The molecule has 0 aliphatic carbocycles. The maximum absolute atomic E-state index is 12.8. The molecule has 0 aromatic heterocycles. The summed E-state index contributed by atoms with van der Waals surface area (Å²) in [6, 6.07) is 13.0. The fourth-order valence-corrected chi connectivity index (χ4v) is 1.85. The van der Waals surface area contributed by atoms with E-state index < -0.39 is 0 Å². The largest absolute Gasteiger partial charge is 0.233 e. The molecule has 2 rings (SSSR count). The summed E-state index contributed by atoms with van der Waals surface area (Å²) in [5.74, 6) is 1.57. The molecule has 94 valence electrons. The van der Waals surface area contributed by atoms with E-state index in [1.807, 2.05) is 5.94 Å². The Labute approximate surface area is 115 Å². The molecule has 0 N–H and O–H groups in total. The molecule has 0 radical (unpaired) electrons. The molecule has 0 spiro atoms. The zero-order valence-electron chi connectivity index (χ0n) is 9.94. The predicted octanol–water partition coefficient (Wildman–Crippen LogP) is 4.41. The maximum atomic E-state index is 12.8. The standard InChI is InChI=1S/C16H10ClFO/c17-16-4-2-1-3-15(16)13(11-19)8-5-12-6-9-14(18)10-7-12/h1-10H/b8-5+. The van der Waals surface area contributed by atoms with Gasteiger partial charge in [0.25, 0.3) is 0 Å². The van der Waals surface area contributed by atoms with Crippen LogP contribution in [0.25, 0.3) is 11.6 Å². The molecular formula is C16H10ClFO. The van der Waals surface area contributed by atoms with Crippen LogP contribution in [0.2, 0.25) is 5.02 Å². The Morgan fingerprint density at radius 2 is 1.79 bits per heavy atom. The third kappa shape index (κ3) is 3.41. The molecule has 0 bridgehead atoms. The normalized spacial score (nSPS) is 10.4. The quantitative estimate of drug-likeness (QED) is 0.598. The summed E-state index contributed by atoms with van der Waals surface area (Å²) in [6.07, 6.45) is 3.32. The third-order valence-corrected chi connectivity index (χ3v) is 2.92. The Kier molecular flexibility index (Phi) is 4.30. The molecule has 1 nitrogen and oxygen atoms in total. The summed E-state index contributed by atoms with van der Waals surface area (Å²) in [6.45, 7) is 0. The van der Waals surface area contributed by atoms with Gasteiger partial charge in [0.1, 0.15) is 11.8 Å². The van der Waals surface area contributed by atoms with Crippen molar-refractivity contribution >= 4 is 29.2 Å². The second-order valence-corrected chi connectivity index (χ2v) is 4.29. The average Bonchev–Trinajstić information content (AvgIpc) is 2.43. The Morgan fingerprint density at radius 1 is 1.11 bits per heavy atom. The summed E-state index contributed by atoms with van der Waals surface area (Å²) in [4.78, 5) is 11.0. The van der Waals surface area contributed by atoms with Gasteiger partial charge in [-0.1, -0.05) is 48.0 Å². The summed E-state index contributed by atoms with van der Waals surface area (Å²) < 4.78 is 12.8. The van der Waals surface area contributed by atoms with Crippen LogP contribution in [-0.2, 0) is 4.79 Å². The predicted molar refractivity (Wildman–Crippen MR) is 76.0 cm³/mol. The van der Waals surface area contributed by atoms with Crippen molar-refractivity contribution in [2.24, 2.45) is 0 Å². The van der Waals surface area contributed by atoms with Crippen LogP contribution in [0.4, 0.5) is 4.39 Å². The molecule has 2 aromatic rings. The third-order valence-electron chi connectivity index (χ3n) is 2.59. The van der Waals surface area contributed by atoms with E-state index in [1.165, 1.54) is 12.1 Å². The van der Waals surface area contributed by atoms with Gasteiger partial charge in [-0.25, -0.2) is 9.18 Å². The van der Waals surface area contributed by atoms with Crippen molar-refractivity contribution in [3.05, 3.63) is 76.6 Å². The smallest absolute Gasteiger partial charge is 0.133 e. The maximum Gasteiger partial charge on any atom is 0.133 e. The first-order chi connectivity index (χ1) is 9.20. The highest BCUT2D eigenvalue weighted by molar-refractivity contribution is 6.33. The van der Waals surface area contributed by atoms with Gasteiger partial charge >= 0.3 is 0 Å². The van der Waals surface area contributed by atoms with E-state index in [4.69, 9.17) is 11.6 Å². The molecule has 0 saturated heterocycles. The van der Waals surface area contributed by atoms with Crippen molar-refractivity contribution in [2.45, 2.75) is 0 Å². The average molecular weight is 273 g/mol. The Bertz CT molecular complexity index is 653. The summed E-state index contributed by atoms with van der Waals surface area (Å²) in [5.41, 5.74) is 1.77. The number of hydrogen-bond donors (Lipinski definition) is 0. The molecular weight excluding hydrogens is 263 g/mol. The Morgan fingerprint density at radius 3 is 2.42 bits per heavy atom. The first kappa shape index (κ1) is 13.3. The fourth-order valence-electron chi connectivity index (χ4n) is 1.61. The topological polar surface area (TPSA) is 17.1 Å². The van der Waals surface area contributed by atoms with Crippen LogP contribution in [0, 0.1) is 5.82 Å². The number of allylic oxidation sites excluding steroid dienone is 2. The molecule has 2 aromatic carbocycles. The number of carbonyl (C=O) groups excluding carboxylic acids is 1. The van der Waals surface area contributed by atoms with Gasteiger partial charge < -0.3 is 0 Å². The van der Waals surface area contributed by atoms with Crippen molar-refractivity contribution in [3.63, 3.8) is 0 Å². The molecule has 0 atom stereocenters. The minimum Gasteiger partial charge on any atom is -0.233 e. The van der Waals surface area contributed by atoms with E-state index in [0.717, 1.165) is 5.56 Å². The monoisotopic (exact) mass is 272 g/mol. The first-order valence-electron chi connectivity index (χ1n) is 5.64. The molecule has 0 aliphatic heterocycles. The minimum atomic E-state index is -0.297. The van der Waals surface area contributed by atoms with E-state index >= 15 is 0 Å². The fraction of sp³-hybridized carbons (Fsp3) is 0. The lowest BCUT2D eigenvalue weighted by molar-refractivity contribution is 0.569. The van der Waals surface area contributed by atoms with Crippen LogP contribution < -0.4 is 0 Å². The van der Waals surface area contributed by atoms with Gasteiger partial charge in [0, 0.05) is 10.6 Å². The summed E-state index contributed by atoms with van der Waals surface area (Å²) in [5, 5.41) is 0.490. The molecule has 19 heavy (non-hydrogen) atoms. The van der Waals surface area contributed by atoms with E-state index in [-0.39, 0.29) is 5.82 Å².